The van der Waals surface area contributed by atoms with E-state index >= 15 is 8.78 Å². The summed E-state index contributed by atoms with van der Waals surface area (Å²) in [6.45, 7) is 0.561. The number of halogens is 2. The predicted octanol–water partition coefficient (Wildman–Crippen LogP) is 3.89. The van der Waals surface area contributed by atoms with Crippen molar-refractivity contribution in [1.82, 2.24) is 15.4 Å². The van der Waals surface area contributed by atoms with Gasteiger partial charge in [0.15, 0.2) is 0 Å². The molecule has 0 saturated heterocycles. The molecule has 0 aliphatic rings. The second kappa shape index (κ2) is 16.6. The van der Waals surface area contributed by atoms with Crippen molar-refractivity contribution in [2.45, 2.75) is 48.6 Å². The number of carbonyl (C=O) groups excluding carboxylic acids is 3. The molecule has 0 heterocycles. The Kier molecular flexibility index (Phi) is 12.9. The van der Waals surface area contributed by atoms with E-state index in [1.165, 1.54) is 6.92 Å². The fourth-order valence-electron chi connectivity index (χ4n) is 4.68. The number of nitro benzene ring substituents is 1. The highest BCUT2D eigenvalue weighted by Crippen LogP contribution is 2.29. The number of ether oxygens (including phenoxy) is 2. The molecule has 2 atom stereocenters. The first-order valence-electron chi connectivity index (χ1n) is 14.3. The number of rotatable bonds is 16. The summed E-state index contributed by atoms with van der Waals surface area (Å²) in [4.78, 5) is 47.9. The highest BCUT2D eigenvalue weighted by molar-refractivity contribution is 7.89. The maximum atomic E-state index is 15.2. The lowest BCUT2D eigenvalue weighted by atomic mass is 9.84. The van der Waals surface area contributed by atoms with Crippen molar-refractivity contribution in [1.29, 1.82) is 0 Å². The summed E-state index contributed by atoms with van der Waals surface area (Å²) in [6, 6.07) is 17.8. The third-order valence-corrected chi connectivity index (χ3v) is 8.40. The van der Waals surface area contributed by atoms with Crippen LogP contribution in [-0.2, 0) is 29.1 Å². The number of nitrogens with zero attached hydrogens (tertiary/aromatic N) is 1. The van der Waals surface area contributed by atoms with E-state index in [1.807, 2.05) is 4.72 Å². The summed E-state index contributed by atoms with van der Waals surface area (Å²) in [5.41, 5.74) is 0.902. The lowest BCUT2D eigenvalue weighted by molar-refractivity contribution is -0.384. The van der Waals surface area contributed by atoms with Gasteiger partial charge >= 0.3 is 12.1 Å². The van der Waals surface area contributed by atoms with Crippen LogP contribution >= 0.6 is 0 Å². The standard InChI is InChI=1S/C31H34F2N4O9S/c1-3-46-29(39)25(36-47(43,44)24-16-14-23(15-17-24)37(41)42)20-31(32,33)18-19-34-28(38)27(35-30(40)45-2)26(21-10-6-4-7-11-21)22-12-8-5-9-13-22/h4-17,25-27,36H,3,18-20H2,1-2H3,(H,34,38)(H,35,40)/t25-,27-/m0/s1. The van der Waals surface area contributed by atoms with Crippen LogP contribution in [-0.4, -0.2) is 69.6 Å². The highest BCUT2D eigenvalue weighted by atomic mass is 32.2. The summed E-state index contributed by atoms with van der Waals surface area (Å²) < 4.78 is 67.6. The van der Waals surface area contributed by atoms with Gasteiger partial charge in [-0.15, -0.1) is 0 Å². The minimum absolute atomic E-state index is 0.227. The molecule has 3 N–H and O–H groups in total. The normalized spacial score (nSPS) is 12.9. The third-order valence-electron chi connectivity index (χ3n) is 6.91. The van der Waals surface area contributed by atoms with Crippen LogP contribution in [0.25, 0.3) is 0 Å². The van der Waals surface area contributed by atoms with E-state index in [9.17, 15) is 32.9 Å². The Morgan fingerprint density at radius 3 is 1.98 bits per heavy atom. The lowest BCUT2D eigenvalue weighted by Gasteiger charge is -2.28. The SMILES string of the molecule is CCOC(=O)[C@H](CC(F)(F)CCNC(=O)[C@@H](NC(=O)OC)C(c1ccccc1)c1ccccc1)NS(=O)(=O)c1ccc([N+](=O)[O-])cc1. The molecule has 13 nitrogen and oxygen atoms in total. The maximum absolute atomic E-state index is 15.2. The number of nitrogens with one attached hydrogen (secondary N) is 3. The van der Waals surface area contributed by atoms with Gasteiger partial charge in [0.1, 0.15) is 12.1 Å². The van der Waals surface area contributed by atoms with E-state index in [-0.39, 0.29) is 6.61 Å². The lowest BCUT2D eigenvalue weighted by Crippen LogP contribution is -2.51. The van der Waals surface area contributed by atoms with Crippen LogP contribution in [0.15, 0.2) is 89.8 Å². The number of carbonyl (C=O) groups is 3. The van der Waals surface area contributed by atoms with E-state index < -0.39 is 86.8 Å². The number of hydrogen-bond donors (Lipinski definition) is 3. The van der Waals surface area contributed by atoms with E-state index in [0.29, 0.717) is 11.1 Å². The van der Waals surface area contributed by atoms with Gasteiger partial charge in [-0.3, -0.25) is 19.7 Å². The summed E-state index contributed by atoms with van der Waals surface area (Å²) in [5, 5.41) is 15.8. The van der Waals surface area contributed by atoms with E-state index in [4.69, 9.17) is 9.47 Å². The van der Waals surface area contributed by atoms with Crippen molar-refractivity contribution in [3.8, 4) is 0 Å². The summed E-state index contributed by atoms with van der Waals surface area (Å²) >= 11 is 0. The van der Waals surface area contributed by atoms with Gasteiger partial charge in [-0.25, -0.2) is 22.0 Å². The Bertz CT molecular complexity index is 1590. The zero-order valence-corrected chi connectivity index (χ0v) is 26.2. The van der Waals surface area contributed by atoms with Gasteiger partial charge in [-0.1, -0.05) is 60.7 Å². The average molecular weight is 677 g/mol. The smallest absolute Gasteiger partial charge is 0.407 e. The average Bonchev–Trinajstić information content (AvgIpc) is 3.04. The van der Waals surface area contributed by atoms with Gasteiger partial charge in [0.2, 0.25) is 15.9 Å². The summed E-state index contributed by atoms with van der Waals surface area (Å²) in [7, 11) is -3.48. The van der Waals surface area contributed by atoms with Crippen LogP contribution in [0.3, 0.4) is 0 Å². The number of alkyl halides is 2. The molecule has 252 valence electrons. The van der Waals surface area contributed by atoms with Gasteiger partial charge in [-0.2, -0.15) is 4.72 Å². The molecule has 0 unspecified atom stereocenters. The molecule has 0 radical (unpaired) electrons. The van der Waals surface area contributed by atoms with Gasteiger partial charge in [0.25, 0.3) is 11.6 Å². The first kappa shape index (κ1) is 36.5. The molecular weight excluding hydrogens is 642 g/mol. The second-order valence-corrected chi connectivity index (χ2v) is 11.9. The largest absolute Gasteiger partial charge is 0.465 e. The van der Waals surface area contributed by atoms with Crippen LogP contribution in [0.1, 0.15) is 36.8 Å². The second-order valence-electron chi connectivity index (χ2n) is 10.2. The summed E-state index contributed by atoms with van der Waals surface area (Å²) in [6.07, 6.45) is -3.26. The van der Waals surface area contributed by atoms with Crippen molar-refractivity contribution >= 4 is 33.7 Å². The number of methoxy groups -OCH3 is 1. The van der Waals surface area contributed by atoms with Gasteiger partial charge in [0, 0.05) is 37.4 Å². The molecule has 16 heteroatoms. The number of non-ortho nitro benzene ring substituents is 1. The van der Waals surface area contributed by atoms with Gasteiger partial charge in [-0.05, 0) is 30.2 Å². The first-order valence-corrected chi connectivity index (χ1v) is 15.8. The van der Waals surface area contributed by atoms with Gasteiger partial charge < -0.3 is 20.1 Å². The Hall–Kier alpha value is -4.96. The number of benzene rings is 3. The predicted molar refractivity (Wildman–Crippen MR) is 165 cm³/mol. The van der Waals surface area contributed by atoms with Gasteiger partial charge in [0.05, 0.1) is 23.5 Å². The number of nitro groups is 1. The topological polar surface area (TPSA) is 183 Å². The molecule has 47 heavy (non-hydrogen) atoms. The van der Waals surface area contributed by atoms with Crippen LogP contribution in [0, 0.1) is 10.1 Å². The molecule has 0 saturated carbocycles. The van der Waals surface area contributed by atoms with Crippen LogP contribution in [0.2, 0.25) is 0 Å². The van der Waals surface area contributed by atoms with Crippen LogP contribution in [0.4, 0.5) is 19.3 Å². The number of alkyl carbamates (subject to hydrolysis) is 1. The fourth-order valence-corrected chi connectivity index (χ4v) is 5.87. The van der Waals surface area contributed by atoms with E-state index in [2.05, 4.69) is 10.6 Å². The van der Waals surface area contributed by atoms with Crippen LogP contribution < -0.4 is 15.4 Å². The molecular formula is C31H34F2N4O9S. The van der Waals surface area contributed by atoms with Crippen molar-refractivity contribution in [3.63, 3.8) is 0 Å². The Morgan fingerprint density at radius 2 is 1.49 bits per heavy atom. The minimum atomic E-state index is -4.59. The third kappa shape index (κ3) is 10.5. The van der Waals surface area contributed by atoms with Crippen molar-refractivity contribution in [2.24, 2.45) is 0 Å². The molecule has 0 spiro atoms. The van der Waals surface area contributed by atoms with Crippen molar-refractivity contribution in [2.75, 3.05) is 20.3 Å². The highest BCUT2D eigenvalue weighted by Gasteiger charge is 2.39. The van der Waals surface area contributed by atoms with Crippen molar-refractivity contribution < 1.29 is 46.0 Å². The number of hydrogen-bond acceptors (Lipinski definition) is 9. The maximum Gasteiger partial charge on any atom is 0.407 e. The molecule has 3 rings (SSSR count). The number of sulfonamides is 1. The molecule has 2 amide bonds. The Balaban J connectivity index is 1.77. The molecule has 0 aliphatic heterocycles. The Morgan fingerprint density at radius 1 is 0.936 bits per heavy atom. The molecule has 0 aliphatic carbocycles. The quantitative estimate of drug-likeness (QED) is 0.115. The first-order chi connectivity index (χ1) is 22.3. The van der Waals surface area contributed by atoms with E-state index in [1.54, 1.807) is 60.7 Å². The molecule has 3 aromatic carbocycles. The molecule has 0 bridgehead atoms. The zero-order chi connectivity index (χ0) is 34.6. The number of amides is 2. The summed E-state index contributed by atoms with van der Waals surface area (Å²) in [5.74, 6) is -6.51. The minimum Gasteiger partial charge on any atom is -0.465 e. The molecule has 0 aromatic heterocycles. The monoisotopic (exact) mass is 676 g/mol. The zero-order valence-electron chi connectivity index (χ0n) is 25.4. The molecule has 3 aromatic rings. The molecule has 0 fully saturated rings. The van der Waals surface area contributed by atoms with Crippen LogP contribution in [0.5, 0.6) is 0 Å². The fraction of sp³-hybridized carbons (Fsp3) is 0.323. The Labute approximate surface area is 269 Å². The number of esters is 1. The van der Waals surface area contributed by atoms with Crippen molar-refractivity contribution in [3.05, 3.63) is 106 Å². The van der Waals surface area contributed by atoms with E-state index in [0.717, 1.165) is 31.4 Å².